The molecule has 0 atom stereocenters. The smallest absolute Gasteiger partial charge is 0.155 e. The van der Waals surface area contributed by atoms with Crippen molar-refractivity contribution >= 4 is 15.9 Å². The van der Waals surface area contributed by atoms with Crippen LogP contribution in [0.1, 0.15) is 11.4 Å². The molecule has 4 nitrogen and oxygen atoms in total. The van der Waals surface area contributed by atoms with E-state index < -0.39 is 0 Å². The topological polar surface area (TPSA) is 43.6 Å². The van der Waals surface area contributed by atoms with Gasteiger partial charge < -0.3 is 0 Å². The minimum absolute atomic E-state index is 0.784. The van der Waals surface area contributed by atoms with E-state index in [2.05, 4.69) is 31.2 Å². The van der Waals surface area contributed by atoms with Crippen LogP contribution in [-0.2, 0) is 0 Å². The average Bonchev–Trinajstić information content (AvgIpc) is 2.57. The fraction of sp³-hybridized carbons (Fsp3) is 0.222. The summed E-state index contributed by atoms with van der Waals surface area (Å²) in [6.45, 7) is 3.84. The number of aryl methyl sites for hydroxylation is 2. The lowest BCUT2D eigenvalue weighted by Crippen LogP contribution is -1.99. The summed E-state index contributed by atoms with van der Waals surface area (Å²) in [4.78, 5) is 4.37. The molecule has 0 aliphatic heterocycles. The van der Waals surface area contributed by atoms with E-state index in [-0.39, 0.29) is 0 Å². The molecule has 2 aromatic rings. The lowest BCUT2D eigenvalue weighted by Gasteiger charge is -2.01. The normalized spacial score (nSPS) is 10.5. The monoisotopic (exact) mass is 252 g/mol. The highest BCUT2D eigenvalue weighted by Crippen LogP contribution is 2.15. The Balaban J connectivity index is 2.47. The van der Waals surface area contributed by atoms with Crippen LogP contribution in [0.3, 0.4) is 0 Å². The Morgan fingerprint density at radius 1 is 1.29 bits per heavy atom. The molecule has 0 amide bonds. The van der Waals surface area contributed by atoms with Gasteiger partial charge in [0.1, 0.15) is 0 Å². The Hall–Kier alpha value is -1.23. The standard InChI is InChI=1S/C9H9BrN4/c1-6-5-14(13-12-6)9-4-3-8(10)7(2)11-9/h3-5H,1-2H3. The molecule has 0 aromatic carbocycles. The minimum atomic E-state index is 0.784. The largest absolute Gasteiger partial charge is 0.233 e. The molecule has 2 heterocycles. The molecule has 0 unspecified atom stereocenters. The zero-order valence-electron chi connectivity index (χ0n) is 7.90. The van der Waals surface area contributed by atoms with E-state index in [1.54, 1.807) is 4.68 Å². The second-order valence-electron chi connectivity index (χ2n) is 3.04. The van der Waals surface area contributed by atoms with Crippen molar-refractivity contribution in [3.05, 3.63) is 34.2 Å². The van der Waals surface area contributed by atoms with Crippen molar-refractivity contribution in [3.63, 3.8) is 0 Å². The molecule has 0 N–H and O–H groups in total. The third-order valence-corrected chi connectivity index (χ3v) is 2.69. The second-order valence-corrected chi connectivity index (χ2v) is 3.90. The molecule has 5 heteroatoms. The van der Waals surface area contributed by atoms with Crippen LogP contribution in [0, 0.1) is 13.8 Å². The zero-order valence-corrected chi connectivity index (χ0v) is 9.48. The minimum Gasteiger partial charge on any atom is -0.233 e. The molecule has 0 bridgehead atoms. The van der Waals surface area contributed by atoms with Crippen molar-refractivity contribution in [2.75, 3.05) is 0 Å². The molecule has 0 saturated heterocycles. The first-order chi connectivity index (χ1) is 6.66. The van der Waals surface area contributed by atoms with Crippen molar-refractivity contribution in [3.8, 4) is 5.82 Å². The van der Waals surface area contributed by atoms with E-state index in [9.17, 15) is 0 Å². The summed E-state index contributed by atoms with van der Waals surface area (Å²) in [5.41, 5.74) is 1.82. The van der Waals surface area contributed by atoms with Gasteiger partial charge in [0.2, 0.25) is 0 Å². The molecule has 0 saturated carbocycles. The van der Waals surface area contributed by atoms with Gasteiger partial charge in [-0.2, -0.15) is 0 Å². The van der Waals surface area contributed by atoms with E-state index in [1.165, 1.54) is 0 Å². The van der Waals surface area contributed by atoms with E-state index >= 15 is 0 Å². The quantitative estimate of drug-likeness (QED) is 0.781. The van der Waals surface area contributed by atoms with E-state index in [4.69, 9.17) is 0 Å². The van der Waals surface area contributed by atoms with Gasteiger partial charge in [0.25, 0.3) is 0 Å². The molecule has 2 rings (SSSR count). The van der Waals surface area contributed by atoms with Crippen molar-refractivity contribution in [2.24, 2.45) is 0 Å². The first-order valence-corrected chi connectivity index (χ1v) is 4.98. The molecule has 0 aliphatic carbocycles. The summed E-state index contributed by atoms with van der Waals surface area (Å²) in [6.07, 6.45) is 1.84. The highest BCUT2D eigenvalue weighted by Gasteiger charge is 2.02. The fourth-order valence-corrected chi connectivity index (χ4v) is 1.34. The van der Waals surface area contributed by atoms with Crippen LogP contribution in [0.2, 0.25) is 0 Å². The molecule has 2 aromatic heterocycles. The summed E-state index contributed by atoms with van der Waals surface area (Å²) in [6, 6.07) is 3.85. The summed E-state index contributed by atoms with van der Waals surface area (Å²) >= 11 is 3.40. The van der Waals surface area contributed by atoms with Crippen LogP contribution in [-0.4, -0.2) is 20.0 Å². The first kappa shape index (κ1) is 9.33. The number of hydrogen-bond donors (Lipinski definition) is 0. The Labute approximate surface area is 90.1 Å². The van der Waals surface area contributed by atoms with Crippen LogP contribution in [0.15, 0.2) is 22.8 Å². The van der Waals surface area contributed by atoms with Gasteiger partial charge in [-0.1, -0.05) is 5.21 Å². The SMILES string of the molecule is Cc1cn(-c2ccc(Br)c(C)n2)nn1. The lowest BCUT2D eigenvalue weighted by molar-refractivity contribution is 0.775. The van der Waals surface area contributed by atoms with E-state index in [1.807, 2.05) is 32.2 Å². The van der Waals surface area contributed by atoms with Gasteiger partial charge in [0.05, 0.1) is 17.6 Å². The summed E-state index contributed by atoms with van der Waals surface area (Å²) < 4.78 is 2.66. The molecule has 14 heavy (non-hydrogen) atoms. The van der Waals surface area contributed by atoms with Gasteiger partial charge in [0, 0.05) is 4.47 Å². The number of aromatic nitrogens is 4. The first-order valence-electron chi connectivity index (χ1n) is 4.19. The highest BCUT2D eigenvalue weighted by atomic mass is 79.9. The predicted octanol–water partition coefficient (Wildman–Crippen LogP) is 2.04. The fourth-order valence-electron chi connectivity index (χ4n) is 1.12. The third-order valence-electron chi connectivity index (χ3n) is 1.85. The Bertz CT molecular complexity index is 464. The molecule has 72 valence electrons. The number of halogens is 1. The van der Waals surface area contributed by atoms with Crippen LogP contribution < -0.4 is 0 Å². The van der Waals surface area contributed by atoms with Gasteiger partial charge in [0.15, 0.2) is 5.82 Å². The Morgan fingerprint density at radius 3 is 2.64 bits per heavy atom. The predicted molar refractivity (Wildman–Crippen MR) is 56.3 cm³/mol. The number of nitrogens with zero attached hydrogens (tertiary/aromatic N) is 4. The summed E-state index contributed by atoms with van der Waals surface area (Å²) in [7, 11) is 0. The molecule has 0 radical (unpaired) electrons. The van der Waals surface area contributed by atoms with E-state index in [0.717, 1.165) is 21.7 Å². The highest BCUT2D eigenvalue weighted by molar-refractivity contribution is 9.10. The van der Waals surface area contributed by atoms with Gasteiger partial charge in [-0.3, -0.25) is 0 Å². The van der Waals surface area contributed by atoms with Crippen molar-refractivity contribution in [1.82, 2.24) is 20.0 Å². The van der Waals surface area contributed by atoms with Crippen molar-refractivity contribution in [2.45, 2.75) is 13.8 Å². The molecule has 0 fully saturated rings. The number of pyridine rings is 1. The Morgan fingerprint density at radius 2 is 2.07 bits per heavy atom. The second kappa shape index (κ2) is 3.49. The van der Waals surface area contributed by atoms with E-state index in [0.29, 0.717) is 0 Å². The van der Waals surface area contributed by atoms with Crippen LogP contribution in [0.4, 0.5) is 0 Å². The third kappa shape index (κ3) is 1.68. The van der Waals surface area contributed by atoms with Gasteiger partial charge >= 0.3 is 0 Å². The number of hydrogen-bond acceptors (Lipinski definition) is 3. The van der Waals surface area contributed by atoms with Crippen molar-refractivity contribution in [1.29, 1.82) is 0 Å². The summed E-state index contributed by atoms with van der Waals surface area (Å²) in [5, 5.41) is 7.85. The van der Waals surface area contributed by atoms with Crippen LogP contribution in [0.25, 0.3) is 5.82 Å². The average molecular weight is 253 g/mol. The van der Waals surface area contributed by atoms with Crippen LogP contribution in [0.5, 0.6) is 0 Å². The molecule has 0 spiro atoms. The zero-order chi connectivity index (χ0) is 10.1. The maximum atomic E-state index is 4.37. The van der Waals surface area contributed by atoms with Gasteiger partial charge in [-0.25, -0.2) is 9.67 Å². The maximum absolute atomic E-state index is 4.37. The summed E-state index contributed by atoms with van der Waals surface area (Å²) in [5.74, 6) is 0.784. The van der Waals surface area contributed by atoms with Crippen molar-refractivity contribution < 1.29 is 0 Å². The van der Waals surface area contributed by atoms with Crippen LogP contribution >= 0.6 is 15.9 Å². The molecular weight excluding hydrogens is 244 g/mol. The maximum Gasteiger partial charge on any atom is 0.155 e. The molecule has 0 aliphatic rings. The Kier molecular flexibility index (Phi) is 2.33. The van der Waals surface area contributed by atoms with Gasteiger partial charge in [-0.05, 0) is 41.9 Å². The van der Waals surface area contributed by atoms with Gasteiger partial charge in [-0.15, -0.1) is 5.10 Å². The lowest BCUT2D eigenvalue weighted by atomic mass is 10.4. The number of rotatable bonds is 1. The molecular formula is C9H9BrN4.